The fourth-order valence-electron chi connectivity index (χ4n) is 4.28. The monoisotopic (exact) mass is 414 g/mol. The minimum absolute atomic E-state index is 0.0538. The number of halogens is 1. The van der Waals surface area contributed by atoms with Crippen molar-refractivity contribution in [2.75, 3.05) is 38.0 Å². The summed E-state index contributed by atoms with van der Waals surface area (Å²) in [5, 5.41) is 4.03. The summed E-state index contributed by atoms with van der Waals surface area (Å²) in [5.74, 6) is 1.25. The number of anilines is 1. The van der Waals surface area contributed by atoms with Gasteiger partial charge in [0.05, 0.1) is 11.7 Å². The SMILES string of the molecule is O=C1Cc2cc(CCN3CCN(C4=NSC5C=CCC=C45)CC3)c(Cl)cc2N1. The Morgan fingerprint density at radius 2 is 2.11 bits per heavy atom. The smallest absolute Gasteiger partial charge is 0.228 e. The zero-order valence-electron chi connectivity index (χ0n) is 15.7. The van der Waals surface area contributed by atoms with Crippen molar-refractivity contribution in [3.05, 3.63) is 52.1 Å². The molecule has 1 fully saturated rings. The molecule has 0 saturated carbocycles. The number of hydrogen-bond donors (Lipinski definition) is 1. The van der Waals surface area contributed by atoms with Crippen LogP contribution >= 0.6 is 23.5 Å². The molecular formula is C21H23ClN4OS. The number of carbonyl (C=O) groups is 1. The zero-order chi connectivity index (χ0) is 19.1. The number of benzene rings is 1. The first-order valence-corrected chi connectivity index (χ1v) is 11.1. The van der Waals surface area contributed by atoms with Gasteiger partial charge in [-0.2, -0.15) is 4.40 Å². The molecule has 1 atom stereocenters. The molecule has 7 heteroatoms. The molecule has 1 aromatic carbocycles. The molecule has 1 aliphatic carbocycles. The van der Waals surface area contributed by atoms with Crippen LogP contribution in [-0.4, -0.2) is 59.5 Å². The molecule has 4 aliphatic rings. The highest BCUT2D eigenvalue weighted by Crippen LogP contribution is 2.35. The summed E-state index contributed by atoms with van der Waals surface area (Å²) in [5.41, 5.74) is 4.47. The van der Waals surface area contributed by atoms with E-state index in [4.69, 9.17) is 16.0 Å². The van der Waals surface area contributed by atoms with Gasteiger partial charge >= 0.3 is 0 Å². The van der Waals surface area contributed by atoms with Gasteiger partial charge < -0.3 is 10.2 Å². The predicted octanol–water partition coefficient (Wildman–Crippen LogP) is 3.31. The summed E-state index contributed by atoms with van der Waals surface area (Å²) in [6.07, 6.45) is 9.22. The number of carbonyl (C=O) groups excluding carboxylic acids is 1. The van der Waals surface area contributed by atoms with Crippen molar-refractivity contribution in [3.63, 3.8) is 0 Å². The number of rotatable bonds is 3. The lowest BCUT2D eigenvalue weighted by molar-refractivity contribution is -0.115. The van der Waals surface area contributed by atoms with Crippen LogP contribution in [0.4, 0.5) is 5.69 Å². The van der Waals surface area contributed by atoms with Gasteiger partial charge in [-0.05, 0) is 42.0 Å². The van der Waals surface area contributed by atoms with Crippen molar-refractivity contribution < 1.29 is 4.79 Å². The van der Waals surface area contributed by atoms with E-state index in [9.17, 15) is 4.79 Å². The molecule has 146 valence electrons. The molecule has 1 unspecified atom stereocenters. The predicted molar refractivity (Wildman–Crippen MR) is 116 cm³/mol. The maximum atomic E-state index is 11.6. The van der Waals surface area contributed by atoms with E-state index in [1.165, 1.54) is 11.4 Å². The lowest BCUT2D eigenvalue weighted by Crippen LogP contribution is -2.49. The van der Waals surface area contributed by atoms with Crippen LogP contribution in [0.5, 0.6) is 0 Å². The van der Waals surface area contributed by atoms with Gasteiger partial charge in [0, 0.05) is 49.0 Å². The topological polar surface area (TPSA) is 47.9 Å². The van der Waals surface area contributed by atoms with E-state index < -0.39 is 0 Å². The summed E-state index contributed by atoms with van der Waals surface area (Å²) < 4.78 is 4.74. The number of hydrogen-bond acceptors (Lipinski definition) is 5. The van der Waals surface area contributed by atoms with E-state index in [2.05, 4.69) is 39.4 Å². The molecule has 5 rings (SSSR count). The molecule has 1 amide bonds. The molecule has 3 aliphatic heterocycles. The van der Waals surface area contributed by atoms with Crippen LogP contribution < -0.4 is 5.32 Å². The first kappa shape index (κ1) is 18.3. The molecule has 1 N–H and O–H groups in total. The molecule has 3 heterocycles. The van der Waals surface area contributed by atoms with E-state index in [-0.39, 0.29) is 5.91 Å². The van der Waals surface area contributed by atoms with Crippen LogP contribution in [-0.2, 0) is 17.6 Å². The van der Waals surface area contributed by atoms with E-state index in [0.717, 1.165) is 67.4 Å². The maximum absolute atomic E-state index is 11.6. The number of nitrogens with one attached hydrogen (secondary N) is 1. The van der Waals surface area contributed by atoms with E-state index >= 15 is 0 Å². The number of amidine groups is 1. The van der Waals surface area contributed by atoms with Gasteiger partial charge in [0.1, 0.15) is 5.84 Å². The molecule has 1 aromatic rings. The summed E-state index contributed by atoms with van der Waals surface area (Å²) >= 11 is 8.12. The maximum Gasteiger partial charge on any atom is 0.228 e. The van der Waals surface area contributed by atoms with Crippen LogP contribution in [0.1, 0.15) is 17.5 Å². The molecule has 0 spiro atoms. The second-order valence-corrected chi connectivity index (χ2v) is 8.98. The fourth-order valence-corrected chi connectivity index (χ4v) is 5.47. The van der Waals surface area contributed by atoms with Gasteiger partial charge in [-0.3, -0.25) is 9.69 Å². The number of piperazine rings is 1. The van der Waals surface area contributed by atoms with Crippen molar-refractivity contribution >= 4 is 41.0 Å². The van der Waals surface area contributed by atoms with Crippen molar-refractivity contribution in [2.24, 2.45) is 4.40 Å². The lowest BCUT2D eigenvalue weighted by atomic mass is 10.0. The molecule has 0 bridgehead atoms. The first-order valence-electron chi connectivity index (χ1n) is 9.87. The van der Waals surface area contributed by atoms with Crippen LogP contribution in [0.2, 0.25) is 5.02 Å². The minimum Gasteiger partial charge on any atom is -0.353 e. The average Bonchev–Trinajstić information content (AvgIpc) is 3.29. The summed E-state index contributed by atoms with van der Waals surface area (Å²) in [4.78, 5) is 16.5. The fraction of sp³-hybridized carbons (Fsp3) is 0.429. The van der Waals surface area contributed by atoms with Crippen LogP contribution in [0.25, 0.3) is 0 Å². The van der Waals surface area contributed by atoms with Gasteiger partial charge in [0.15, 0.2) is 0 Å². The number of amides is 1. The molecule has 1 saturated heterocycles. The Morgan fingerprint density at radius 3 is 2.96 bits per heavy atom. The third kappa shape index (κ3) is 3.49. The highest BCUT2D eigenvalue weighted by Gasteiger charge is 2.31. The Bertz CT molecular complexity index is 902. The highest BCUT2D eigenvalue weighted by atomic mass is 35.5. The third-order valence-electron chi connectivity index (χ3n) is 5.87. The van der Waals surface area contributed by atoms with Crippen LogP contribution in [0, 0.1) is 0 Å². The molecule has 0 aromatic heterocycles. The highest BCUT2D eigenvalue weighted by molar-refractivity contribution is 7.99. The third-order valence-corrected chi connectivity index (χ3v) is 7.14. The normalized spacial score (nSPS) is 24.0. The standard InChI is InChI=1S/C21H23ClN4OS/c22-17-13-18-15(12-20(27)23-18)11-14(17)5-6-25-7-9-26(10-8-25)21-16-3-1-2-4-19(16)28-24-21/h2-4,11,13,19H,1,5-10,12H2,(H,23,27). The number of nitrogens with zero attached hydrogens (tertiary/aromatic N) is 3. The van der Waals surface area contributed by atoms with Gasteiger partial charge in [0.25, 0.3) is 0 Å². The van der Waals surface area contributed by atoms with Gasteiger partial charge in [-0.1, -0.05) is 35.9 Å². The Morgan fingerprint density at radius 1 is 1.25 bits per heavy atom. The zero-order valence-corrected chi connectivity index (χ0v) is 17.2. The van der Waals surface area contributed by atoms with Crippen molar-refractivity contribution in [1.29, 1.82) is 0 Å². The Labute approximate surface area is 174 Å². The second kappa shape index (κ2) is 7.58. The Balaban J connectivity index is 1.16. The Kier molecular flexibility index (Phi) is 4.95. The lowest BCUT2D eigenvalue weighted by Gasteiger charge is -2.36. The average molecular weight is 415 g/mol. The van der Waals surface area contributed by atoms with Crippen molar-refractivity contribution in [1.82, 2.24) is 9.80 Å². The summed E-state index contributed by atoms with van der Waals surface area (Å²) in [6.45, 7) is 5.11. The minimum atomic E-state index is 0.0538. The molecular weight excluding hydrogens is 392 g/mol. The summed E-state index contributed by atoms with van der Waals surface area (Å²) in [6, 6.07) is 3.99. The molecule has 5 nitrogen and oxygen atoms in total. The van der Waals surface area contributed by atoms with Crippen LogP contribution in [0.15, 0.2) is 40.3 Å². The summed E-state index contributed by atoms with van der Waals surface area (Å²) in [7, 11) is 0. The molecule has 28 heavy (non-hydrogen) atoms. The molecule has 0 radical (unpaired) electrons. The van der Waals surface area contributed by atoms with E-state index in [1.54, 1.807) is 11.9 Å². The van der Waals surface area contributed by atoms with E-state index in [0.29, 0.717) is 11.7 Å². The number of fused-ring (bicyclic) bond motifs is 2. The van der Waals surface area contributed by atoms with Crippen molar-refractivity contribution in [2.45, 2.75) is 24.5 Å². The largest absolute Gasteiger partial charge is 0.353 e. The second-order valence-electron chi connectivity index (χ2n) is 7.67. The van der Waals surface area contributed by atoms with Crippen molar-refractivity contribution in [3.8, 4) is 0 Å². The quantitative estimate of drug-likeness (QED) is 0.609. The van der Waals surface area contributed by atoms with Gasteiger partial charge in [-0.25, -0.2) is 0 Å². The first-order chi connectivity index (χ1) is 13.7. The Hall–Kier alpha value is -1.76. The van der Waals surface area contributed by atoms with Crippen LogP contribution in [0.3, 0.4) is 0 Å². The van der Waals surface area contributed by atoms with Gasteiger partial charge in [-0.15, -0.1) is 0 Å². The van der Waals surface area contributed by atoms with Gasteiger partial charge in [0.2, 0.25) is 5.91 Å². The number of allylic oxidation sites excluding steroid dienone is 2. The van der Waals surface area contributed by atoms with E-state index in [1.807, 2.05) is 6.07 Å².